The molecule has 1 heterocycles. The Morgan fingerprint density at radius 3 is 2.69 bits per heavy atom. The lowest BCUT2D eigenvalue weighted by atomic mass is 10.1. The molecule has 16 heavy (non-hydrogen) atoms. The van der Waals surface area contributed by atoms with E-state index in [1.807, 2.05) is 26.2 Å². The average molecular weight is 218 g/mol. The van der Waals surface area contributed by atoms with Crippen molar-refractivity contribution in [2.24, 2.45) is 0 Å². The first-order valence-electron chi connectivity index (χ1n) is 5.41. The summed E-state index contributed by atoms with van der Waals surface area (Å²) in [4.78, 5) is 6.07. The van der Waals surface area contributed by atoms with Crippen LogP contribution in [-0.4, -0.2) is 37.1 Å². The predicted octanol–water partition coefficient (Wildman–Crippen LogP) is 1.19. The van der Waals surface area contributed by atoms with E-state index in [0.29, 0.717) is 0 Å². The van der Waals surface area contributed by atoms with Gasteiger partial charge < -0.3 is 4.90 Å². The van der Waals surface area contributed by atoms with E-state index in [9.17, 15) is 0 Å². The van der Waals surface area contributed by atoms with Crippen LogP contribution in [0.5, 0.6) is 0 Å². The molecule has 1 rings (SSSR count). The maximum atomic E-state index is 9.04. The quantitative estimate of drug-likeness (QED) is 0.729. The van der Waals surface area contributed by atoms with Gasteiger partial charge in [0.05, 0.1) is 6.07 Å². The van der Waals surface area contributed by atoms with Gasteiger partial charge >= 0.3 is 0 Å². The molecule has 0 aromatic carbocycles. The molecular formula is C12H18N4. The smallest absolute Gasteiger partial charge is 0.121 e. The Hall–Kier alpha value is -1.44. The molecule has 0 fully saturated rings. The number of hydrogen-bond acceptors (Lipinski definition) is 4. The molecule has 1 unspecified atom stereocenters. The van der Waals surface area contributed by atoms with Crippen LogP contribution in [-0.2, 0) is 0 Å². The summed E-state index contributed by atoms with van der Waals surface area (Å²) in [7, 11) is 4.09. The lowest BCUT2D eigenvalue weighted by molar-refractivity contribution is 0.392. The fourth-order valence-corrected chi connectivity index (χ4v) is 1.44. The molecule has 0 spiro atoms. The van der Waals surface area contributed by atoms with E-state index in [4.69, 9.17) is 5.26 Å². The first kappa shape index (κ1) is 12.6. The normalized spacial score (nSPS) is 12.4. The molecule has 0 aliphatic carbocycles. The van der Waals surface area contributed by atoms with Crippen LogP contribution in [0.15, 0.2) is 24.5 Å². The number of aromatic nitrogens is 1. The van der Waals surface area contributed by atoms with E-state index in [0.717, 1.165) is 25.1 Å². The van der Waals surface area contributed by atoms with Gasteiger partial charge in [0.2, 0.25) is 0 Å². The van der Waals surface area contributed by atoms with Gasteiger partial charge in [-0.2, -0.15) is 5.26 Å². The van der Waals surface area contributed by atoms with Gasteiger partial charge in [-0.1, -0.05) is 0 Å². The zero-order chi connectivity index (χ0) is 11.8. The summed E-state index contributed by atoms with van der Waals surface area (Å²) < 4.78 is 0. The third kappa shape index (κ3) is 4.39. The summed E-state index contributed by atoms with van der Waals surface area (Å²) in [5.41, 5.74) is 0.974. The van der Waals surface area contributed by atoms with Crippen molar-refractivity contribution < 1.29 is 0 Å². The van der Waals surface area contributed by atoms with Crippen molar-refractivity contribution in [1.29, 1.82) is 5.26 Å². The minimum Gasteiger partial charge on any atom is -0.309 e. The number of hydrogen-bond donors (Lipinski definition) is 1. The van der Waals surface area contributed by atoms with Gasteiger partial charge in [0.25, 0.3) is 0 Å². The Labute approximate surface area is 96.9 Å². The van der Waals surface area contributed by atoms with Crippen LogP contribution in [0.2, 0.25) is 0 Å². The van der Waals surface area contributed by atoms with E-state index in [-0.39, 0.29) is 6.04 Å². The Morgan fingerprint density at radius 1 is 1.44 bits per heavy atom. The van der Waals surface area contributed by atoms with Crippen molar-refractivity contribution in [2.45, 2.75) is 12.5 Å². The van der Waals surface area contributed by atoms with Crippen LogP contribution in [0.1, 0.15) is 18.0 Å². The van der Waals surface area contributed by atoms with Crippen LogP contribution in [0, 0.1) is 11.3 Å². The Kier molecular flexibility index (Phi) is 5.48. The monoisotopic (exact) mass is 218 g/mol. The standard InChI is InChI=1S/C12H18N4/c1-16(2)9-3-6-15-12(10-13)11-4-7-14-8-5-11/h4-5,7-8,12,15H,3,6,9H2,1-2H3. The van der Waals surface area contributed by atoms with Crippen LogP contribution in [0.3, 0.4) is 0 Å². The second kappa shape index (κ2) is 6.94. The minimum absolute atomic E-state index is 0.231. The van der Waals surface area contributed by atoms with Gasteiger partial charge in [0, 0.05) is 12.4 Å². The molecule has 0 saturated heterocycles. The summed E-state index contributed by atoms with van der Waals surface area (Å²) in [5.74, 6) is 0. The molecule has 0 aliphatic heterocycles. The number of nitriles is 1. The molecule has 1 N–H and O–H groups in total. The molecule has 0 radical (unpaired) electrons. The highest BCUT2D eigenvalue weighted by atomic mass is 15.1. The Balaban J connectivity index is 2.37. The molecule has 0 saturated carbocycles. The predicted molar refractivity (Wildman–Crippen MR) is 63.8 cm³/mol. The van der Waals surface area contributed by atoms with E-state index in [1.165, 1.54) is 0 Å². The van der Waals surface area contributed by atoms with Crippen molar-refractivity contribution in [3.05, 3.63) is 30.1 Å². The molecule has 0 amide bonds. The number of nitrogens with one attached hydrogen (secondary N) is 1. The van der Waals surface area contributed by atoms with Crippen LogP contribution >= 0.6 is 0 Å². The van der Waals surface area contributed by atoms with E-state index in [2.05, 4.69) is 21.3 Å². The average Bonchev–Trinajstić information content (AvgIpc) is 2.30. The lowest BCUT2D eigenvalue weighted by Gasteiger charge is -2.13. The van der Waals surface area contributed by atoms with Crippen LogP contribution < -0.4 is 5.32 Å². The first-order valence-corrected chi connectivity index (χ1v) is 5.41. The maximum Gasteiger partial charge on any atom is 0.121 e. The van der Waals surface area contributed by atoms with Gasteiger partial charge in [-0.05, 0) is 51.3 Å². The Morgan fingerprint density at radius 2 is 2.12 bits per heavy atom. The second-order valence-electron chi connectivity index (χ2n) is 3.95. The molecule has 4 heteroatoms. The number of pyridine rings is 1. The van der Waals surface area contributed by atoms with Gasteiger partial charge in [0.15, 0.2) is 0 Å². The summed E-state index contributed by atoms with van der Waals surface area (Å²) >= 11 is 0. The van der Waals surface area contributed by atoms with Crippen LogP contribution in [0.25, 0.3) is 0 Å². The van der Waals surface area contributed by atoms with Gasteiger partial charge in [-0.3, -0.25) is 10.3 Å². The first-order chi connectivity index (χ1) is 7.74. The summed E-state index contributed by atoms with van der Waals surface area (Å²) in [6.07, 6.45) is 4.46. The van der Waals surface area contributed by atoms with Crippen molar-refractivity contribution >= 4 is 0 Å². The number of rotatable bonds is 6. The molecule has 1 aromatic rings. The van der Waals surface area contributed by atoms with Gasteiger partial charge in [-0.25, -0.2) is 0 Å². The molecule has 1 atom stereocenters. The Bertz CT molecular complexity index is 329. The molecular weight excluding hydrogens is 200 g/mol. The highest BCUT2D eigenvalue weighted by Crippen LogP contribution is 2.09. The van der Waals surface area contributed by atoms with Gasteiger partial charge in [0.1, 0.15) is 6.04 Å². The van der Waals surface area contributed by atoms with E-state index < -0.39 is 0 Å². The molecule has 1 aromatic heterocycles. The van der Waals surface area contributed by atoms with Crippen molar-refractivity contribution in [3.63, 3.8) is 0 Å². The van der Waals surface area contributed by atoms with E-state index in [1.54, 1.807) is 12.4 Å². The minimum atomic E-state index is -0.231. The maximum absolute atomic E-state index is 9.04. The van der Waals surface area contributed by atoms with Crippen molar-refractivity contribution in [2.75, 3.05) is 27.2 Å². The SMILES string of the molecule is CN(C)CCCNC(C#N)c1ccncc1. The largest absolute Gasteiger partial charge is 0.309 e. The van der Waals surface area contributed by atoms with Crippen molar-refractivity contribution in [1.82, 2.24) is 15.2 Å². The molecule has 0 bridgehead atoms. The fourth-order valence-electron chi connectivity index (χ4n) is 1.44. The second-order valence-corrected chi connectivity index (χ2v) is 3.95. The summed E-state index contributed by atoms with van der Waals surface area (Å²) in [5, 5.41) is 12.3. The zero-order valence-corrected chi connectivity index (χ0v) is 9.85. The summed E-state index contributed by atoms with van der Waals surface area (Å²) in [6.45, 7) is 1.88. The molecule has 86 valence electrons. The zero-order valence-electron chi connectivity index (χ0n) is 9.85. The van der Waals surface area contributed by atoms with Crippen molar-refractivity contribution in [3.8, 4) is 6.07 Å². The highest BCUT2D eigenvalue weighted by Gasteiger charge is 2.08. The number of nitrogens with zero attached hydrogens (tertiary/aromatic N) is 3. The third-order valence-electron chi connectivity index (χ3n) is 2.30. The molecule has 4 nitrogen and oxygen atoms in total. The molecule has 0 aliphatic rings. The van der Waals surface area contributed by atoms with Crippen LogP contribution in [0.4, 0.5) is 0 Å². The fraction of sp³-hybridized carbons (Fsp3) is 0.500. The third-order valence-corrected chi connectivity index (χ3v) is 2.30. The lowest BCUT2D eigenvalue weighted by Crippen LogP contribution is -2.24. The summed E-state index contributed by atoms with van der Waals surface area (Å²) in [6, 6.07) is 5.76. The topological polar surface area (TPSA) is 52.0 Å². The highest BCUT2D eigenvalue weighted by molar-refractivity contribution is 5.20. The van der Waals surface area contributed by atoms with Gasteiger partial charge in [-0.15, -0.1) is 0 Å². The van der Waals surface area contributed by atoms with E-state index >= 15 is 0 Å².